The first-order chi connectivity index (χ1) is 23.4. The van der Waals surface area contributed by atoms with Crippen molar-refractivity contribution in [1.29, 1.82) is 0 Å². The number of allylic oxidation sites excluding steroid dienone is 1. The number of nitrogens with zero attached hydrogens (tertiary/aromatic N) is 6. The Labute approximate surface area is 288 Å². The van der Waals surface area contributed by atoms with Crippen LogP contribution in [0.2, 0.25) is 0 Å². The van der Waals surface area contributed by atoms with E-state index >= 15 is 0 Å². The standard InChI is InChI=1S/C13H8N2O.2C12H6N2O2.Ni/c1-8-9-4-2-6-14-11(9)12-10(13(8)16)5-3-7-15-12;2*15-11-7-3-1-5-13-9(7)10-8(12(11)16)4-2-6-14-10;/h2-7H,1H2;2*1-6H;. The summed E-state index contributed by atoms with van der Waals surface area (Å²) >= 11 is 0. The fraction of sp³-hybridized carbons (Fsp3) is 0. The Hall–Kier alpha value is -6.52. The number of ketones is 5. The van der Waals surface area contributed by atoms with Gasteiger partial charge in [0.05, 0.1) is 33.5 Å². The van der Waals surface area contributed by atoms with Crippen LogP contribution in [0.3, 0.4) is 0 Å². The molecule has 0 saturated carbocycles. The van der Waals surface area contributed by atoms with Gasteiger partial charge in [-0.2, -0.15) is 0 Å². The molecule has 0 bridgehead atoms. The summed E-state index contributed by atoms with van der Waals surface area (Å²) in [6.45, 7) is 3.82. The zero-order valence-electron chi connectivity index (χ0n) is 25.1. The first-order valence-corrected chi connectivity index (χ1v) is 14.5. The molecule has 0 radical (unpaired) electrons. The van der Waals surface area contributed by atoms with E-state index in [9.17, 15) is 24.0 Å². The number of aromatic nitrogens is 6. The van der Waals surface area contributed by atoms with Gasteiger partial charge in [0, 0.05) is 64.8 Å². The number of fused-ring (bicyclic) bond motifs is 9. The Bertz CT molecular complexity index is 1960. The summed E-state index contributed by atoms with van der Waals surface area (Å²) in [5.74, 6) is -2.11. The average molecular weight is 687 g/mol. The van der Waals surface area contributed by atoms with Crippen molar-refractivity contribution in [3.05, 3.63) is 150 Å². The van der Waals surface area contributed by atoms with Gasteiger partial charge in [0.1, 0.15) is 28.5 Å². The molecule has 3 aliphatic carbocycles. The smallest absolute Gasteiger partial charge is 0.235 e. The molecule has 0 aliphatic heterocycles. The van der Waals surface area contributed by atoms with Crippen molar-refractivity contribution in [3.63, 3.8) is 0 Å². The van der Waals surface area contributed by atoms with E-state index in [1.54, 1.807) is 104 Å². The van der Waals surface area contributed by atoms with E-state index < -0.39 is 23.1 Å². The van der Waals surface area contributed by atoms with Gasteiger partial charge in [0.25, 0.3) is 0 Å². The van der Waals surface area contributed by atoms with Crippen LogP contribution in [-0.4, -0.2) is 58.8 Å². The minimum Gasteiger partial charge on any atom is -0.289 e. The van der Waals surface area contributed by atoms with Gasteiger partial charge in [-0.1, -0.05) is 12.6 Å². The Balaban J connectivity index is 0.000000126. The molecule has 0 N–H and O–H groups in total. The molecule has 0 spiro atoms. The van der Waals surface area contributed by atoms with Crippen molar-refractivity contribution in [1.82, 2.24) is 29.9 Å². The quantitative estimate of drug-likeness (QED) is 0.114. The van der Waals surface area contributed by atoms with Crippen molar-refractivity contribution in [2.75, 3.05) is 0 Å². The molecule has 49 heavy (non-hydrogen) atoms. The van der Waals surface area contributed by atoms with Gasteiger partial charge >= 0.3 is 0 Å². The van der Waals surface area contributed by atoms with Crippen LogP contribution in [0.1, 0.15) is 57.4 Å². The summed E-state index contributed by atoms with van der Waals surface area (Å²) in [7, 11) is 0. The molecule has 0 amide bonds. The van der Waals surface area contributed by atoms with Gasteiger partial charge < -0.3 is 0 Å². The fourth-order valence-electron chi connectivity index (χ4n) is 5.50. The van der Waals surface area contributed by atoms with E-state index in [1.165, 1.54) is 0 Å². The third kappa shape index (κ3) is 5.60. The number of carbonyl (C=O) groups is 5. The SMILES string of the molecule is C=C1C(=O)c2cccnc2-c2ncccc21.O=C1C(=O)c2cccnc2-c2ncccc21.O=C1C(=O)c2cccnc2-c2ncccc21.[Ni]. The molecule has 11 nitrogen and oxygen atoms in total. The Morgan fingerprint density at radius 3 is 0.796 bits per heavy atom. The number of pyridine rings is 6. The van der Waals surface area contributed by atoms with Gasteiger partial charge in [-0.3, -0.25) is 53.9 Å². The summed E-state index contributed by atoms with van der Waals surface area (Å²) < 4.78 is 0. The molecule has 6 aromatic heterocycles. The maximum atomic E-state index is 12.0. The van der Waals surface area contributed by atoms with Crippen LogP contribution >= 0.6 is 0 Å². The summed E-state index contributed by atoms with van der Waals surface area (Å²) in [5.41, 5.74) is 6.52. The second-order valence-corrected chi connectivity index (χ2v) is 10.5. The average Bonchev–Trinajstić information content (AvgIpc) is 3.15. The molecule has 12 heteroatoms. The molecule has 6 heterocycles. The Morgan fingerprint density at radius 2 is 0.531 bits per heavy atom. The molecule has 6 aromatic rings. The van der Waals surface area contributed by atoms with Crippen LogP contribution < -0.4 is 0 Å². The van der Waals surface area contributed by atoms with Crippen LogP contribution in [0.25, 0.3) is 39.7 Å². The number of hydrogen-bond acceptors (Lipinski definition) is 11. The van der Waals surface area contributed by atoms with E-state index in [1.807, 2.05) is 6.07 Å². The minimum absolute atomic E-state index is 0. The molecule has 0 unspecified atom stereocenters. The number of hydrogen-bond donors (Lipinski definition) is 0. The molecule has 0 saturated heterocycles. The van der Waals surface area contributed by atoms with Crippen LogP contribution in [0, 0.1) is 0 Å². The van der Waals surface area contributed by atoms with Crippen molar-refractivity contribution in [2.24, 2.45) is 0 Å². The van der Waals surface area contributed by atoms with Crippen LogP contribution in [0.15, 0.2) is 117 Å². The van der Waals surface area contributed by atoms with Gasteiger partial charge in [0.2, 0.25) is 23.1 Å². The third-order valence-electron chi connectivity index (χ3n) is 7.75. The predicted molar refractivity (Wildman–Crippen MR) is 173 cm³/mol. The molecule has 3 aliphatic rings. The molecule has 238 valence electrons. The van der Waals surface area contributed by atoms with Crippen LogP contribution in [-0.2, 0) is 16.5 Å². The minimum atomic E-state index is -0.511. The van der Waals surface area contributed by atoms with E-state index in [2.05, 4.69) is 36.5 Å². The molecular formula is C37H20N6NiO5. The summed E-state index contributed by atoms with van der Waals surface area (Å²) in [6.07, 6.45) is 9.69. The van der Waals surface area contributed by atoms with E-state index in [-0.39, 0.29) is 22.3 Å². The van der Waals surface area contributed by atoms with Gasteiger partial charge in [-0.05, 0) is 66.7 Å². The van der Waals surface area contributed by atoms with Gasteiger partial charge in [-0.15, -0.1) is 0 Å². The van der Waals surface area contributed by atoms with Crippen LogP contribution in [0.5, 0.6) is 0 Å². The van der Waals surface area contributed by atoms with Gasteiger partial charge in [-0.25, -0.2) is 0 Å². The summed E-state index contributed by atoms with van der Waals surface area (Å²) in [5, 5.41) is 0. The molecular weight excluding hydrogens is 667 g/mol. The maximum absolute atomic E-state index is 12.0. The third-order valence-corrected chi connectivity index (χ3v) is 7.75. The molecule has 0 atom stereocenters. The fourth-order valence-corrected chi connectivity index (χ4v) is 5.50. The van der Waals surface area contributed by atoms with E-state index in [0.29, 0.717) is 61.9 Å². The van der Waals surface area contributed by atoms with Crippen molar-refractivity contribution < 1.29 is 40.5 Å². The largest absolute Gasteiger partial charge is 0.289 e. The van der Waals surface area contributed by atoms with Crippen molar-refractivity contribution in [3.8, 4) is 34.2 Å². The monoisotopic (exact) mass is 686 g/mol. The topological polar surface area (TPSA) is 163 Å². The van der Waals surface area contributed by atoms with E-state index in [0.717, 1.165) is 11.3 Å². The first-order valence-electron chi connectivity index (χ1n) is 14.5. The molecule has 9 rings (SSSR count). The normalized spacial score (nSPS) is 13.0. The number of rotatable bonds is 0. The second-order valence-electron chi connectivity index (χ2n) is 10.5. The Morgan fingerprint density at radius 1 is 0.327 bits per heavy atom. The molecule has 0 aromatic carbocycles. The first kappa shape index (κ1) is 32.4. The Kier molecular flexibility index (Phi) is 8.80. The van der Waals surface area contributed by atoms with Crippen molar-refractivity contribution >= 4 is 34.5 Å². The zero-order valence-corrected chi connectivity index (χ0v) is 26.1. The molecule has 0 fully saturated rings. The van der Waals surface area contributed by atoms with E-state index in [4.69, 9.17) is 0 Å². The maximum Gasteiger partial charge on any atom is 0.235 e. The van der Waals surface area contributed by atoms with Gasteiger partial charge in [0.15, 0.2) is 5.78 Å². The van der Waals surface area contributed by atoms with Crippen molar-refractivity contribution in [2.45, 2.75) is 0 Å². The summed E-state index contributed by atoms with van der Waals surface area (Å²) in [4.78, 5) is 84.0. The summed E-state index contributed by atoms with van der Waals surface area (Å²) in [6, 6.07) is 20.1. The second kappa shape index (κ2) is 13.3. The predicted octanol–water partition coefficient (Wildman–Crippen LogP) is 5.40. The zero-order chi connectivity index (χ0) is 33.4. The number of carbonyl (C=O) groups excluding carboxylic acids is 5. The number of Topliss-reactive ketones (excluding diaryl/α,β-unsaturated/α-hetero) is 5. The van der Waals surface area contributed by atoms with Crippen LogP contribution in [0.4, 0.5) is 0 Å².